The van der Waals surface area contributed by atoms with E-state index in [1.807, 2.05) is 12.1 Å². The number of nitrogens with zero attached hydrogens (tertiary/aromatic N) is 1. The number of aromatic amines is 1. The Balaban J connectivity index is 2.28. The van der Waals surface area contributed by atoms with Crippen LogP contribution in [0.4, 0.5) is 0 Å². The molecular formula is C16H14N2O. The Morgan fingerprint density at radius 3 is 3.05 bits per heavy atom. The quantitative estimate of drug-likeness (QED) is 0.684. The highest BCUT2D eigenvalue weighted by Gasteiger charge is 2.18. The number of fused-ring (bicyclic) bond motifs is 2. The van der Waals surface area contributed by atoms with Crippen LogP contribution in [-0.2, 0) is 6.73 Å². The van der Waals surface area contributed by atoms with E-state index in [0.717, 1.165) is 17.6 Å². The fraction of sp³-hybridized carbons (Fsp3) is 0.125. The molecule has 0 saturated carbocycles. The number of allylic oxidation sites excluding steroid dienone is 1. The topological polar surface area (TPSA) is 41.0 Å². The van der Waals surface area contributed by atoms with Crippen molar-refractivity contribution in [2.75, 3.05) is 0 Å². The van der Waals surface area contributed by atoms with Crippen LogP contribution in [0.25, 0.3) is 34.3 Å². The van der Waals surface area contributed by atoms with Crippen LogP contribution in [0.1, 0.15) is 12.0 Å². The summed E-state index contributed by atoms with van der Waals surface area (Å²) < 4.78 is 1.81. The molecule has 0 spiro atoms. The van der Waals surface area contributed by atoms with Gasteiger partial charge in [0.15, 0.2) is 0 Å². The molecule has 3 aliphatic rings. The standard InChI is InChI=1S/C16H14N2O/c19-10-18-16-13-6-2-1-4-11(13)8-9-12-5-3-7-14(17-18)15(12)16/h2-9,17,19H,1,10H2. The first kappa shape index (κ1) is 10.6. The predicted molar refractivity (Wildman–Crippen MR) is 77.3 cm³/mol. The van der Waals surface area contributed by atoms with E-state index < -0.39 is 0 Å². The Kier molecular flexibility index (Phi) is 2.17. The molecule has 1 aromatic rings. The van der Waals surface area contributed by atoms with E-state index in [1.165, 1.54) is 21.7 Å². The summed E-state index contributed by atoms with van der Waals surface area (Å²) in [6.07, 6.45) is 7.49. The summed E-state index contributed by atoms with van der Waals surface area (Å²) in [4.78, 5) is 0. The largest absolute Gasteiger partial charge is 0.375 e. The SMILES string of the molecule is OCn1[nH]c2cccc3ccc4c(c1-c32)C=CCC=4. The lowest BCUT2D eigenvalue weighted by Gasteiger charge is -2.08. The van der Waals surface area contributed by atoms with E-state index in [9.17, 15) is 5.11 Å². The van der Waals surface area contributed by atoms with E-state index in [1.54, 1.807) is 4.68 Å². The molecule has 2 aliphatic carbocycles. The Morgan fingerprint density at radius 1 is 1.21 bits per heavy atom. The van der Waals surface area contributed by atoms with Crippen LogP contribution in [0.5, 0.6) is 0 Å². The second-order valence-corrected chi connectivity index (χ2v) is 4.84. The Bertz CT molecular complexity index is 836. The van der Waals surface area contributed by atoms with E-state index in [4.69, 9.17) is 0 Å². The van der Waals surface area contributed by atoms with Gasteiger partial charge < -0.3 is 5.11 Å². The highest BCUT2D eigenvalue weighted by atomic mass is 16.3. The van der Waals surface area contributed by atoms with Crippen molar-refractivity contribution in [2.24, 2.45) is 0 Å². The number of hydrogen-bond acceptors (Lipinski definition) is 1. The molecule has 0 bridgehead atoms. The molecule has 1 aliphatic heterocycles. The van der Waals surface area contributed by atoms with Crippen molar-refractivity contribution in [3.8, 4) is 11.3 Å². The summed E-state index contributed by atoms with van der Waals surface area (Å²) in [6.45, 7) is -0.0475. The Morgan fingerprint density at radius 2 is 2.16 bits per heavy atom. The van der Waals surface area contributed by atoms with E-state index >= 15 is 0 Å². The summed E-state index contributed by atoms with van der Waals surface area (Å²) in [5.74, 6) is 0. The number of aliphatic hydroxyl groups excluding tert-OH is 1. The zero-order valence-electron chi connectivity index (χ0n) is 10.4. The van der Waals surface area contributed by atoms with Crippen molar-refractivity contribution in [1.29, 1.82) is 0 Å². The number of benzene rings is 1. The lowest BCUT2D eigenvalue weighted by atomic mass is 10.0. The lowest BCUT2D eigenvalue weighted by Crippen LogP contribution is -2.10. The van der Waals surface area contributed by atoms with E-state index in [0.29, 0.717) is 0 Å². The first-order chi connectivity index (χ1) is 9.38. The van der Waals surface area contributed by atoms with Gasteiger partial charge in [-0.05, 0) is 23.1 Å². The van der Waals surface area contributed by atoms with Gasteiger partial charge >= 0.3 is 0 Å². The summed E-state index contributed by atoms with van der Waals surface area (Å²) in [7, 11) is 0. The molecule has 0 saturated heterocycles. The molecule has 3 heteroatoms. The molecule has 4 rings (SSSR count). The average molecular weight is 250 g/mol. The normalized spacial score (nSPS) is 13.7. The van der Waals surface area contributed by atoms with Crippen molar-refractivity contribution in [1.82, 2.24) is 9.78 Å². The van der Waals surface area contributed by atoms with Gasteiger partial charge in [-0.2, -0.15) is 0 Å². The molecule has 0 unspecified atom stereocenters. The molecule has 0 atom stereocenters. The molecule has 3 nitrogen and oxygen atoms in total. The van der Waals surface area contributed by atoms with Crippen LogP contribution >= 0.6 is 0 Å². The molecule has 0 amide bonds. The van der Waals surface area contributed by atoms with Gasteiger partial charge in [-0.25, -0.2) is 0 Å². The van der Waals surface area contributed by atoms with E-state index in [2.05, 4.69) is 41.5 Å². The molecule has 19 heavy (non-hydrogen) atoms. The maximum atomic E-state index is 9.60. The molecule has 0 aromatic heterocycles. The van der Waals surface area contributed by atoms with Crippen LogP contribution in [0.15, 0.2) is 36.4 Å². The minimum Gasteiger partial charge on any atom is -0.375 e. The molecule has 1 aromatic carbocycles. The predicted octanol–water partition coefficient (Wildman–Crippen LogP) is 2.50. The van der Waals surface area contributed by atoms with Crippen LogP contribution in [0, 0.1) is 0 Å². The second kappa shape index (κ2) is 3.87. The smallest absolute Gasteiger partial charge is 0.134 e. The number of aromatic nitrogens is 2. The third-order valence-electron chi connectivity index (χ3n) is 3.77. The summed E-state index contributed by atoms with van der Waals surface area (Å²) in [5.41, 5.74) is 4.48. The van der Waals surface area contributed by atoms with Crippen LogP contribution in [0.3, 0.4) is 0 Å². The fourth-order valence-corrected chi connectivity index (χ4v) is 2.93. The van der Waals surface area contributed by atoms with Gasteiger partial charge in [-0.3, -0.25) is 9.78 Å². The van der Waals surface area contributed by atoms with Crippen LogP contribution in [-0.4, -0.2) is 14.9 Å². The van der Waals surface area contributed by atoms with Crippen molar-refractivity contribution in [2.45, 2.75) is 13.2 Å². The molecule has 2 N–H and O–H groups in total. The van der Waals surface area contributed by atoms with Gasteiger partial charge in [-0.1, -0.05) is 42.5 Å². The Labute approximate surface area is 110 Å². The van der Waals surface area contributed by atoms with Crippen molar-refractivity contribution in [3.63, 3.8) is 0 Å². The minimum atomic E-state index is -0.0475. The Hall–Kier alpha value is -2.26. The van der Waals surface area contributed by atoms with Gasteiger partial charge in [-0.15, -0.1) is 0 Å². The van der Waals surface area contributed by atoms with Crippen LogP contribution in [0.2, 0.25) is 0 Å². The van der Waals surface area contributed by atoms with Gasteiger partial charge in [0.25, 0.3) is 0 Å². The third kappa shape index (κ3) is 1.42. The van der Waals surface area contributed by atoms with Gasteiger partial charge in [0, 0.05) is 11.1 Å². The number of hydrogen-bond donors (Lipinski definition) is 2. The maximum Gasteiger partial charge on any atom is 0.134 e. The van der Waals surface area contributed by atoms with Crippen molar-refractivity contribution in [3.05, 3.63) is 47.2 Å². The third-order valence-corrected chi connectivity index (χ3v) is 3.77. The number of H-pyrrole nitrogens is 1. The number of aliphatic hydroxyl groups is 1. The highest BCUT2D eigenvalue weighted by molar-refractivity contribution is 5.97. The molecule has 0 radical (unpaired) electrons. The number of rotatable bonds is 1. The van der Waals surface area contributed by atoms with Crippen molar-refractivity contribution < 1.29 is 5.11 Å². The van der Waals surface area contributed by atoms with Crippen LogP contribution < -0.4 is 5.22 Å². The maximum absolute atomic E-state index is 9.60. The first-order valence-corrected chi connectivity index (χ1v) is 6.46. The summed E-state index contributed by atoms with van der Waals surface area (Å²) in [5, 5.41) is 15.3. The molecule has 94 valence electrons. The average Bonchev–Trinajstić information content (AvgIpc) is 2.75. The number of nitrogens with one attached hydrogen (secondary N) is 1. The summed E-state index contributed by atoms with van der Waals surface area (Å²) >= 11 is 0. The fourth-order valence-electron chi connectivity index (χ4n) is 2.93. The van der Waals surface area contributed by atoms with Crippen molar-refractivity contribution >= 4 is 23.1 Å². The van der Waals surface area contributed by atoms with Gasteiger partial charge in [0.1, 0.15) is 6.73 Å². The zero-order valence-corrected chi connectivity index (χ0v) is 10.4. The lowest BCUT2D eigenvalue weighted by molar-refractivity contribution is 0.198. The molecular weight excluding hydrogens is 236 g/mol. The molecule has 0 fully saturated rings. The zero-order chi connectivity index (χ0) is 12.8. The summed E-state index contributed by atoms with van der Waals surface area (Å²) in [6, 6.07) is 10.5. The van der Waals surface area contributed by atoms with Gasteiger partial charge in [0.05, 0.1) is 11.2 Å². The monoisotopic (exact) mass is 250 g/mol. The first-order valence-electron chi connectivity index (χ1n) is 6.46. The van der Waals surface area contributed by atoms with E-state index in [-0.39, 0.29) is 6.73 Å². The molecule has 1 heterocycles. The minimum absolute atomic E-state index is 0.0475. The second-order valence-electron chi connectivity index (χ2n) is 4.84. The van der Waals surface area contributed by atoms with Gasteiger partial charge in [0.2, 0.25) is 0 Å². The highest BCUT2D eigenvalue weighted by Crippen LogP contribution is 2.33.